The number of nitrogens with two attached hydrogens (primary N) is 2. The molecular weight excluding hydrogens is 200 g/mol. The molecule has 2 amide bonds. The molecular formula is C5H10N2O5S. The molecule has 0 aromatic rings. The molecule has 4 N–H and O–H groups in total. The Morgan fingerprint density at radius 2 is 1.85 bits per heavy atom. The monoisotopic (exact) mass is 210 g/mol. The molecule has 7 nitrogen and oxygen atoms in total. The van der Waals surface area contributed by atoms with Gasteiger partial charge in [-0.3, -0.25) is 13.8 Å². The predicted molar refractivity (Wildman–Crippen MR) is 42.7 cm³/mol. The summed E-state index contributed by atoms with van der Waals surface area (Å²) in [6.07, 6.45) is -1.33. The maximum atomic E-state index is 10.5. The molecule has 8 heteroatoms. The van der Waals surface area contributed by atoms with Crippen LogP contribution in [0.1, 0.15) is 6.42 Å². The zero-order chi connectivity index (χ0) is 10.6. The molecule has 0 heterocycles. The van der Waals surface area contributed by atoms with Crippen molar-refractivity contribution in [1.82, 2.24) is 0 Å². The molecule has 76 valence electrons. The normalized spacial score (nSPS) is 13.6. The van der Waals surface area contributed by atoms with Gasteiger partial charge in [-0.25, -0.2) is 0 Å². The molecule has 1 atom stereocenters. The second kappa shape index (κ2) is 4.19. The maximum absolute atomic E-state index is 10.5. The Hall–Kier alpha value is -1.15. The van der Waals surface area contributed by atoms with E-state index in [2.05, 4.69) is 4.18 Å². The number of primary amides is 2. The standard InChI is InChI=1S/C5H10N2O5S/c1-13(10,11)12-3(5(7)9)2-4(6)8/h3H,2H2,1H3,(H2,6,8)(H2,7,9). The van der Waals surface area contributed by atoms with Gasteiger partial charge in [0.1, 0.15) is 0 Å². The average Bonchev–Trinajstić information content (AvgIpc) is 1.81. The summed E-state index contributed by atoms with van der Waals surface area (Å²) in [6.45, 7) is 0. The number of carbonyl (C=O) groups excluding carboxylic acids is 2. The molecule has 1 unspecified atom stereocenters. The molecule has 0 spiro atoms. The van der Waals surface area contributed by atoms with E-state index in [4.69, 9.17) is 11.5 Å². The van der Waals surface area contributed by atoms with Crippen molar-refractivity contribution in [3.05, 3.63) is 0 Å². The minimum absolute atomic E-state index is 0.553. The van der Waals surface area contributed by atoms with Crippen molar-refractivity contribution < 1.29 is 22.2 Å². The summed E-state index contributed by atoms with van der Waals surface area (Å²) in [5.74, 6) is -1.92. The van der Waals surface area contributed by atoms with Crippen molar-refractivity contribution in [1.29, 1.82) is 0 Å². The van der Waals surface area contributed by atoms with E-state index >= 15 is 0 Å². The molecule has 0 aliphatic rings. The molecule has 0 fully saturated rings. The van der Waals surface area contributed by atoms with Crippen LogP contribution in [-0.4, -0.2) is 32.6 Å². The van der Waals surface area contributed by atoms with Gasteiger partial charge in [0.15, 0.2) is 6.10 Å². The van der Waals surface area contributed by atoms with Gasteiger partial charge >= 0.3 is 0 Å². The van der Waals surface area contributed by atoms with Gasteiger partial charge in [0.05, 0.1) is 12.7 Å². The summed E-state index contributed by atoms with van der Waals surface area (Å²) in [6, 6.07) is 0. The Labute approximate surface area is 75.1 Å². The number of rotatable bonds is 5. The third kappa shape index (κ3) is 6.05. The topological polar surface area (TPSA) is 130 Å². The molecule has 0 rings (SSSR count). The number of carbonyl (C=O) groups is 2. The first-order valence-corrected chi connectivity index (χ1v) is 5.00. The van der Waals surface area contributed by atoms with Gasteiger partial charge in [0.25, 0.3) is 10.1 Å². The van der Waals surface area contributed by atoms with Crippen LogP contribution in [0.4, 0.5) is 0 Å². The van der Waals surface area contributed by atoms with E-state index in [0.717, 1.165) is 6.26 Å². The van der Waals surface area contributed by atoms with Gasteiger partial charge in [0.2, 0.25) is 11.8 Å². The summed E-state index contributed by atoms with van der Waals surface area (Å²) in [4.78, 5) is 20.9. The first-order chi connectivity index (χ1) is 5.72. The van der Waals surface area contributed by atoms with Gasteiger partial charge in [-0.2, -0.15) is 8.42 Å². The second-order valence-corrected chi connectivity index (χ2v) is 3.96. The Bertz CT molecular complexity index is 309. The molecule has 0 aliphatic carbocycles. The summed E-state index contributed by atoms with van der Waals surface area (Å²) in [5, 5.41) is 0. The lowest BCUT2D eigenvalue weighted by molar-refractivity contribution is -0.129. The number of hydrogen-bond acceptors (Lipinski definition) is 5. The van der Waals surface area contributed by atoms with Crippen molar-refractivity contribution >= 4 is 21.9 Å². The smallest absolute Gasteiger partial charge is 0.265 e. The molecule has 0 aliphatic heterocycles. The van der Waals surface area contributed by atoms with Crippen LogP contribution in [0, 0.1) is 0 Å². The fourth-order valence-electron chi connectivity index (χ4n) is 0.576. The van der Waals surface area contributed by atoms with Crippen LogP contribution in [0.2, 0.25) is 0 Å². The lowest BCUT2D eigenvalue weighted by atomic mass is 10.2. The first kappa shape index (κ1) is 11.8. The lowest BCUT2D eigenvalue weighted by Gasteiger charge is -2.09. The van der Waals surface area contributed by atoms with Crippen molar-refractivity contribution in [3.63, 3.8) is 0 Å². The Balaban J connectivity index is 4.45. The number of hydrogen-bond donors (Lipinski definition) is 2. The minimum Gasteiger partial charge on any atom is -0.370 e. The van der Waals surface area contributed by atoms with E-state index in [1.807, 2.05) is 0 Å². The number of amides is 2. The van der Waals surface area contributed by atoms with E-state index in [1.165, 1.54) is 0 Å². The highest BCUT2D eigenvalue weighted by Crippen LogP contribution is 2.01. The van der Waals surface area contributed by atoms with Gasteiger partial charge in [0, 0.05) is 0 Å². The van der Waals surface area contributed by atoms with Crippen LogP contribution in [-0.2, 0) is 23.9 Å². The van der Waals surface area contributed by atoms with E-state index in [9.17, 15) is 18.0 Å². The van der Waals surface area contributed by atoms with Crippen LogP contribution >= 0.6 is 0 Å². The van der Waals surface area contributed by atoms with Gasteiger partial charge < -0.3 is 11.5 Å². The van der Waals surface area contributed by atoms with E-state index in [0.29, 0.717) is 0 Å². The molecule has 0 bridgehead atoms. The SMILES string of the molecule is CS(=O)(=O)OC(CC(N)=O)C(N)=O. The third-order valence-electron chi connectivity index (χ3n) is 0.995. The zero-order valence-corrected chi connectivity index (χ0v) is 7.71. The molecule has 13 heavy (non-hydrogen) atoms. The molecule has 0 saturated carbocycles. The van der Waals surface area contributed by atoms with Crippen LogP contribution in [0.15, 0.2) is 0 Å². The molecule has 0 saturated heterocycles. The Kier molecular flexibility index (Phi) is 3.82. The average molecular weight is 210 g/mol. The molecule has 0 aromatic heterocycles. The Morgan fingerprint density at radius 3 is 2.08 bits per heavy atom. The predicted octanol–water partition coefficient (Wildman–Crippen LogP) is -2.31. The van der Waals surface area contributed by atoms with Crippen molar-refractivity contribution in [3.8, 4) is 0 Å². The second-order valence-electron chi connectivity index (χ2n) is 2.36. The third-order valence-corrected chi connectivity index (χ3v) is 1.58. The lowest BCUT2D eigenvalue weighted by Crippen LogP contribution is -2.36. The Morgan fingerprint density at radius 1 is 1.38 bits per heavy atom. The summed E-state index contributed by atoms with van der Waals surface area (Å²) in [7, 11) is -3.82. The summed E-state index contributed by atoms with van der Waals surface area (Å²) in [5.41, 5.74) is 9.48. The zero-order valence-electron chi connectivity index (χ0n) is 6.89. The van der Waals surface area contributed by atoms with E-state index in [-0.39, 0.29) is 0 Å². The fraction of sp³-hybridized carbons (Fsp3) is 0.600. The van der Waals surface area contributed by atoms with Crippen LogP contribution < -0.4 is 11.5 Å². The highest BCUT2D eigenvalue weighted by molar-refractivity contribution is 7.86. The summed E-state index contributed by atoms with van der Waals surface area (Å²) >= 11 is 0. The maximum Gasteiger partial charge on any atom is 0.265 e. The van der Waals surface area contributed by atoms with Crippen molar-refractivity contribution in [2.45, 2.75) is 12.5 Å². The molecule has 0 aromatic carbocycles. The van der Waals surface area contributed by atoms with Crippen molar-refractivity contribution in [2.24, 2.45) is 11.5 Å². The van der Waals surface area contributed by atoms with Crippen molar-refractivity contribution in [2.75, 3.05) is 6.26 Å². The highest BCUT2D eigenvalue weighted by Gasteiger charge is 2.23. The summed E-state index contributed by atoms with van der Waals surface area (Å²) < 4.78 is 25.3. The largest absolute Gasteiger partial charge is 0.370 e. The van der Waals surface area contributed by atoms with Gasteiger partial charge in [-0.05, 0) is 0 Å². The van der Waals surface area contributed by atoms with E-state index < -0.39 is 34.5 Å². The van der Waals surface area contributed by atoms with Crippen LogP contribution in [0.25, 0.3) is 0 Å². The first-order valence-electron chi connectivity index (χ1n) is 3.18. The minimum atomic E-state index is -3.82. The van der Waals surface area contributed by atoms with Gasteiger partial charge in [-0.15, -0.1) is 0 Å². The quantitative estimate of drug-likeness (QED) is 0.492. The molecule has 0 radical (unpaired) electrons. The van der Waals surface area contributed by atoms with Crippen LogP contribution in [0.3, 0.4) is 0 Å². The fourth-order valence-corrected chi connectivity index (χ4v) is 1.16. The van der Waals surface area contributed by atoms with Gasteiger partial charge in [-0.1, -0.05) is 0 Å². The highest BCUT2D eigenvalue weighted by atomic mass is 32.2. The van der Waals surface area contributed by atoms with E-state index in [1.54, 1.807) is 0 Å². The van der Waals surface area contributed by atoms with Crippen LogP contribution in [0.5, 0.6) is 0 Å².